The van der Waals surface area contributed by atoms with Gasteiger partial charge >= 0.3 is 0 Å². The van der Waals surface area contributed by atoms with E-state index < -0.39 is 0 Å². The van der Waals surface area contributed by atoms with Crippen LogP contribution in [0.15, 0.2) is 18.2 Å². The quantitative estimate of drug-likeness (QED) is 0.847. The molecule has 0 saturated heterocycles. The Balaban J connectivity index is 2.58. The summed E-state index contributed by atoms with van der Waals surface area (Å²) in [6.45, 7) is 1.94. The number of nitrogens with one attached hydrogen (secondary N) is 1. The van der Waals surface area contributed by atoms with Crippen LogP contribution < -0.4 is 5.73 Å². The summed E-state index contributed by atoms with van der Waals surface area (Å²) in [5, 5.41) is 6.99. The number of hydrogen-bond acceptors (Lipinski definition) is 2. The van der Waals surface area contributed by atoms with Crippen LogP contribution in [0.1, 0.15) is 12.5 Å². The van der Waals surface area contributed by atoms with Crippen LogP contribution in [0.2, 0.25) is 5.02 Å². The van der Waals surface area contributed by atoms with Gasteiger partial charge in [0.1, 0.15) is 11.6 Å². The Kier molecular flexibility index (Phi) is 2.83. The molecule has 0 fully saturated rings. The SMILES string of the molecule is CCc1c(N)n[nH]c1-c1ccc(Cl)cc1F. The lowest BCUT2D eigenvalue weighted by Gasteiger charge is -2.03. The maximum atomic E-state index is 13.7. The van der Waals surface area contributed by atoms with Gasteiger partial charge in [-0.2, -0.15) is 5.10 Å². The molecule has 0 unspecified atom stereocenters. The standard InChI is InChI=1S/C11H11ClFN3/c1-2-7-10(15-16-11(7)14)8-4-3-6(12)5-9(8)13/h3-5H,2H2,1H3,(H3,14,15,16). The second-order valence-corrected chi connectivity index (χ2v) is 3.88. The van der Waals surface area contributed by atoms with Gasteiger partial charge in [-0.1, -0.05) is 18.5 Å². The number of nitrogens with two attached hydrogens (primary N) is 1. The summed E-state index contributed by atoms with van der Waals surface area (Å²) in [6.07, 6.45) is 0.694. The Labute approximate surface area is 97.4 Å². The topological polar surface area (TPSA) is 54.7 Å². The van der Waals surface area contributed by atoms with Gasteiger partial charge in [-0.3, -0.25) is 5.10 Å². The van der Waals surface area contributed by atoms with E-state index >= 15 is 0 Å². The predicted octanol–water partition coefficient (Wildman–Crippen LogP) is 3.01. The van der Waals surface area contributed by atoms with Crippen molar-refractivity contribution in [1.82, 2.24) is 10.2 Å². The third-order valence-electron chi connectivity index (χ3n) is 2.45. The minimum absolute atomic E-state index is 0.367. The molecule has 3 nitrogen and oxygen atoms in total. The molecule has 0 aliphatic heterocycles. The normalized spacial score (nSPS) is 10.7. The van der Waals surface area contributed by atoms with Gasteiger partial charge in [0.2, 0.25) is 0 Å². The van der Waals surface area contributed by atoms with Gasteiger partial charge < -0.3 is 5.73 Å². The van der Waals surface area contributed by atoms with E-state index in [1.54, 1.807) is 12.1 Å². The molecule has 16 heavy (non-hydrogen) atoms. The van der Waals surface area contributed by atoms with Gasteiger partial charge in [-0.25, -0.2) is 4.39 Å². The molecular weight excluding hydrogens is 229 g/mol. The summed E-state index contributed by atoms with van der Waals surface area (Å²) in [5.74, 6) is 0.0256. The number of halogens is 2. The lowest BCUT2D eigenvalue weighted by atomic mass is 10.1. The highest BCUT2D eigenvalue weighted by molar-refractivity contribution is 6.30. The van der Waals surface area contributed by atoms with E-state index in [4.69, 9.17) is 17.3 Å². The average Bonchev–Trinajstić information content (AvgIpc) is 2.59. The van der Waals surface area contributed by atoms with E-state index in [1.165, 1.54) is 6.07 Å². The first kappa shape index (κ1) is 11.0. The summed E-state index contributed by atoms with van der Waals surface area (Å²) in [7, 11) is 0. The molecule has 5 heteroatoms. The number of aromatic amines is 1. The smallest absolute Gasteiger partial charge is 0.149 e. The maximum Gasteiger partial charge on any atom is 0.149 e. The first-order chi connectivity index (χ1) is 7.63. The minimum atomic E-state index is -0.383. The fourth-order valence-electron chi connectivity index (χ4n) is 1.65. The number of H-pyrrole nitrogens is 1. The van der Waals surface area contributed by atoms with Crippen LogP contribution in [0.3, 0.4) is 0 Å². The average molecular weight is 240 g/mol. The highest BCUT2D eigenvalue weighted by Gasteiger charge is 2.14. The lowest BCUT2D eigenvalue weighted by Crippen LogP contribution is -1.92. The Morgan fingerprint density at radius 1 is 1.50 bits per heavy atom. The molecule has 3 N–H and O–H groups in total. The van der Waals surface area contributed by atoms with Crippen LogP contribution in [-0.4, -0.2) is 10.2 Å². The second kappa shape index (κ2) is 4.14. The van der Waals surface area contributed by atoms with E-state index in [0.717, 1.165) is 5.56 Å². The van der Waals surface area contributed by atoms with Gasteiger partial charge in [0.05, 0.1) is 5.69 Å². The maximum absolute atomic E-state index is 13.7. The Morgan fingerprint density at radius 3 is 2.88 bits per heavy atom. The molecule has 0 aliphatic rings. The van der Waals surface area contributed by atoms with Crippen molar-refractivity contribution in [2.75, 3.05) is 5.73 Å². The van der Waals surface area contributed by atoms with Crippen molar-refractivity contribution in [3.05, 3.63) is 34.6 Å². The fraction of sp³-hybridized carbons (Fsp3) is 0.182. The van der Waals surface area contributed by atoms with Crippen molar-refractivity contribution in [2.24, 2.45) is 0 Å². The van der Waals surface area contributed by atoms with E-state index in [2.05, 4.69) is 10.2 Å². The number of nitrogen functional groups attached to an aromatic ring is 1. The molecular formula is C11H11ClFN3. The second-order valence-electron chi connectivity index (χ2n) is 3.44. The molecule has 0 saturated carbocycles. The molecule has 1 heterocycles. The van der Waals surface area contributed by atoms with Crippen molar-refractivity contribution in [3.63, 3.8) is 0 Å². The van der Waals surface area contributed by atoms with E-state index in [0.29, 0.717) is 28.5 Å². The largest absolute Gasteiger partial charge is 0.382 e. The van der Waals surface area contributed by atoms with Crippen LogP contribution in [0.5, 0.6) is 0 Å². The monoisotopic (exact) mass is 239 g/mol. The molecule has 0 atom stereocenters. The third kappa shape index (κ3) is 1.76. The number of benzene rings is 1. The molecule has 0 radical (unpaired) electrons. The number of rotatable bonds is 2. The summed E-state index contributed by atoms with van der Waals surface area (Å²) in [6, 6.07) is 4.52. The van der Waals surface area contributed by atoms with Crippen LogP contribution in [0, 0.1) is 5.82 Å². The predicted molar refractivity (Wildman–Crippen MR) is 62.8 cm³/mol. The van der Waals surface area contributed by atoms with E-state index in [-0.39, 0.29) is 5.82 Å². The highest BCUT2D eigenvalue weighted by Crippen LogP contribution is 2.29. The highest BCUT2D eigenvalue weighted by atomic mass is 35.5. The molecule has 0 aliphatic carbocycles. The number of aromatic nitrogens is 2. The summed E-state index contributed by atoms with van der Waals surface area (Å²) in [5.41, 5.74) is 7.55. The van der Waals surface area contributed by atoms with Gasteiger partial charge in [0, 0.05) is 16.1 Å². The number of anilines is 1. The van der Waals surface area contributed by atoms with Gasteiger partial charge in [0.25, 0.3) is 0 Å². The number of nitrogens with zero attached hydrogens (tertiary/aromatic N) is 1. The first-order valence-electron chi connectivity index (χ1n) is 4.91. The summed E-state index contributed by atoms with van der Waals surface area (Å²) < 4.78 is 13.7. The minimum Gasteiger partial charge on any atom is -0.382 e. The summed E-state index contributed by atoms with van der Waals surface area (Å²) in [4.78, 5) is 0. The molecule has 0 spiro atoms. The zero-order chi connectivity index (χ0) is 11.7. The van der Waals surface area contributed by atoms with Crippen molar-refractivity contribution in [2.45, 2.75) is 13.3 Å². The van der Waals surface area contributed by atoms with Crippen LogP contribution >= 0.6 is 11.6 Å². The Bertz CT molecular complexity index is 522. The van der Waals surface area contributed by atoms with Gasteiger partial charge in [-0.15, -0.1) is 0 Å². The first-order valence-corrected chi connectivity index (χ1v) is 5.29. The molecule has 1 aromatic heterocycles. The lowest BCUT2D eigenvalue weighted by molar-refractivity contribution is 0.630. The molecule has 1 aromatic carbocycles. The molecule has 0 bridgehead atoms. The van der Waals surface area contributed by atoms with Gasteiger partial charge in [-0.05, 0) is 24.6 Å². The van der Waals surface area contributed by atoms with Crippen LogP contribution in [0.25, 0.3) is 11.3 Å². The summed E-state index contributed by atoms with van der Waals surface area (Å²) >= 11 is 5.69. The van der Waals surface area contributed by atoms with Crippen molar-refractivity contribution in [1.29, 1.82) is 0 Å². The van der Waals surface area contributed by atoms with Crippen molar-refractivity contribution < 1.29 is 4.39 Å². The zero-order valence-corrected chi connectivity index (χ0v) is 9.48. The third-order valence-corrected chi connectivity index (χ3v) is 2.69. The van der Waals surface area contributed by atoms with Gasteiger partial charge in [0.15, 0.2) is 0 Å². The van der Waals surface area contributed by atoms with Crippen molar-refractivity contribution in [3.8, 4) is 11.3 Å². The van der Waals surface area contributed by atoms with Crippen LogP contribution in [0.4, 0.5) is 10.2 Å². The molecule has 0 amide bonds. The Hall–Kier alpha value is -1.55. The van der Waals surface area contributed by atoms with E-state index in [1.807, 2.05) is 6.92 Å². The zero-order valence-electron chi connectivity index (χ0n) is 8.72. The molecule has 84 valence electrons. The van der Waals surface area contributed by atoms with Crippen molar-refractivity contribution >= 4 is 17.4 Å². The Morgan fingerprint density at radius 2 is 2.25 bits per heavy atom. The molecule has 2 aromatic rings. The fourth-order valence-corrected chi connectivity index (χ4v) is 1.81. The number of hydrogen-bond donors (Lipinski definition) is 2. The molecule has 2 rings (SSSR count). The van der Waals surface area contributed by atoms with Crippen LogP contribution in [-0.2, 0) is 6.42 Å². The van der Waals surface area contributed by atoms with E-state index in [9.17, 15) is 4.39 Å².